The van der Waals surface area contributed by atoms with Crippen LogP contribution in [0.2, 0.25) is 0 Å². The highest BCUT2D eigenvalue weighted by Crippen LogP contribution is 2.27. The summed E-state index contributed by atoms with van der Waals surface area (Å²) in [6.45, 7) is 1.42. The molecular weight excluding hydrogens is 348 g/mol. The maximum Gasteiger partial charge on any atom is 0.336 e. The summed E-state index contributed by atoms with van der Waals surface area (Å²) in [5.41, 5.74) is 0.0890. The third-order valence-corrected chi connectivity index (χ3v) is 3.99. The minimum Gasteiger partial charge on any atom is -0.478 e. The number of benzene rings is 1. The van der Waals surface area contributed by atoms with Gasteiger partial charge in [-0.25, -0.2) is 4.79 Å². The van der Waals surface area contributed by atoms with E-state index in [-0.39, 0.29) is 22.7 Å². The zero-order chi connectivity index (χ0) is 15.3. The van der Waals surface area contributed by atoms with Crippen molar-refractivity contribution in [3.05, 3.63) is 33.8 Å². The van der Waals surface area contributed by atoms with Crippen molar-refractivity contribution in [1.82, 2.24) is 0 Å². The Labute approximate surface area is 129 Å². The maximum absolute atomic E-state index is 11.1. The number of aliphatic hydroxyl groups is 2. The Balaban J connectivity index is 2.84. The molecule has 2 atom stereocenters. The van der Waals surface area contributed by atoms with Gasteiger partial charge in [-0.1, -0.05) is 27.7 Å². The average Bonchev–Trinajstić information content (AvgIpc) is 2.36. The molecule has 0 saturated heterocycles. The van der Waals surface area contributed by atoms with Crippen LogP contribution in [0.5, 0.6) is 0 Å². The molecule has 0 aliphatic carbocycles. The first-order valence-corrected chi connectivity index (χ1v) is 7.63. The fourth-order valence-electron chi connectivity index (χ4n) is 1.66. The molecular formula is C13H15BrO5S. The minimum atomic E-state index is -1.31. The highest BCUT2D eigenvalue weighted by molar-refractivity contribution is 9.10. The molecule has 3 N–H and O–H groups in total. The van der Waals surface area contributed by atoms with Crippen LogP contribution in [0.1, 0.15) is 35.4 Å². The Kier molecular flexibility index (Phi) is 6.67. The van der Waals surface area contributed by atoms with Crippen molar-refractivity contribution in [2.45, 2.75) is 25.6 Å². The van der Waals surface area contributed by atoms with Gasteiger partial charge in [-0.05, 0) is 30.2 Å². The molecule has 1 aromatic rings. The summed E-state index contributed by atoms with van der Waals surface area (Å²) >= 11 is 4.25. The lowest BCUT2D eigenvalue weighted by atomic mass is 9.97. The molecule has 2 unspecified atom stereocenters. The molecule has 0 aromatic heterocycles. The van der Waals surface area contributed by atoms with Crippen molar-refractivity contribution in [1.29, 1.82) is 0 Å². The van der Waals surface area contributed by atoms with Crippen molar-refractivity contribution in [2.75, 3.05) is 5.75 Å². The number of carbonyl (C=O) groups is 2. The van der Waals surface area contributed by atoms with Crippen LogP contribution < -0.4 is 0 Å². The molecule has 0 heterocycles. The molecule has 0 bridgehead atoms. The quantitative estimate of drug-likeness (QED) is 0.717. The van der Waals surface area contributed by atoms with Gasteiger partial charge in [0.2, 0.25) is 0 Å². The summed E-state index contributed by atoms with van der Waals surface area (Å²) < 4.78 is 0.613. The topological polar surface area (TPSA) is 94.8 Å². The van der Waals surface area contributed by atoms with Crippen LogP contribution in [-0.2, 0) is 4.79 Å². The van der Waals surface area contributed by atoms with E-state index in [1.807, 2.05) is 0 Å². The Morgan fingerprint density at radius 2 is 2.00 bits per heavy atom. The molecule has 0 radical (unpaired) electrons. The number of aliphatic hydroxyl groups excluding tert-OH is 2. The summed E-state index contributed by atoms with van der Waals surface area (Å²) in [5, 5.41) is 29.0. The predicted octanol–water partition coefficient (Wildman–Crippen LogP) is 2.21. The van der Waals surface area contributed by atoms with Gasteiger partial charge in [0.1, 0.15) is 6.10 Å². The average molecular weight is 363 g/mol. The fraction of sp³-hybridized carbons (Fsp3) is 0.385. The number of carbonyl (C=O) groups excluding carboxylic acids is 1. The van der Waals surface area contributed by atoms with Crippen LogP contribution in [0.4, 0.5) is 0 Å². The van der Waals surface area contributed by atoms with Gasteiger partial charge in [-0.2, -0.15) is 0 Å². The van der Waals surface area contributed by atoms with Gasteiger partial charge >= 0.3 is 5.97 Å². The number of rotatable bonds is 6. The second kappa shape index (κ2) is 7.78. The Hall–Kier alpha value is -0.890. The zero-order valence-electron chi connectivity index (χ0n) is 10.7. The Bertz CT molecular complexity index is 506. The molecule has 0 fully saturated rings. The van der Waals surface area contributed by atoms with E-state index in [0.717, 1.165) is 11.8 Å². The summed E-state index contributed by atoms with van der Waals surface area (Å²) in [7, 11) is 0. The van der Waals surface area contributed by atoms with Gasteiger partial charge in [0.25, 0.3) is 0 Å². The van der Waals surface area contributed by atoms with Gasteiger partial charge in [-0.15, -0.1) is 0 Å². The predicted molar refractivity (Wildman–Crippen MR) is 79.8 cm³/mol. The van der Waals surface area contributed by atoms with E-state index in [9.17, 15) is 19.8 Å². The summed E-state index contributed by atoms with van der Waals surface area (Å²) in [6.07, 6.45) is -2.25. The molecule has 0 saturated carbocycles. The highest BCUT2D eigenvalue weighted by atomic mass is 79.9. The number of hydrogen-bond acceptors (Lipinski definition) is 5. The number of hydrogen-bond donors (Lipinski definition) is 3. The Morgan fingerprint density at radius 3 is 2.55 bits per heavy atom. The number of aromatic carboxylic acids is 1. The van der Waals surface area contributed by atoms with Gasteiger partial charge in [-0.3, -0.25) is 4.79 Å². The second-order valence-corrected chi connectivity index (χ2v) is 6.37. The molecule has 0 aliphatic heterocycles. The van der Waals surface area contributed by atoms with Gasteiger partial charge in [0.15, 0.2) is 5.12 Å². The fourth-order valence-corrected chi connectivity index (χ4v) is 2.69. The van der Waals surface area contributed by atoms with E-state index in [2.05, 4.69) is 15.9 Å². The van der Waals surface area contributed by atoms with Gasteiger partial charge in [0.05, 0.1) is 11.7 Å². The third-order valence-electron chi connectivity index (χ3n) is 2.65. The largest absolute Gasteiger partial charge is 0.478 e. The van der Waals surface area contributed by atoms with Gasteiger partial charge in [0, 0.05) is 17.1 Å². The van der Waals surface area contributed by atoms with Crippen LogP contribution in [0.3, 0.4) is 0 Å². The van der Waals surface area contributed by atoms with Crippen molar-refractivity contribution < 1.29 is 24.9 Å². The third kappa shape index (κ3) is 4.90. The van der Waals surface area contributed by atoms with E-state index in [1.165, 1.54) is 19.1 Å². The molecule has 5 nitrogen and oxygen atoms in total. The van der Waals surface area contributed by atoms with E-state index < -0.39 is 18.2 Å². The first kappa shape index (κ1) is 17.2. The summed E-state index contributed by atoms with van der Waals surface area (Å²) in [6, 6.07) is 4.38. The molecule has 110 valence electrons. The summed E-state index contributed by atoms with van der Waals surface area (Å²) in [4.78, 5) is 21.9. The lowest BCUT2D eigenvalue weighted by Crippen LogP contribution is -2.21. The molecule has 0 amide bonds. The number of carboxylic acids is 1. The smallest absolute Gasteiger partial charge is 0.336 e. The second-order valence-electron chi connectivity index (χ2n) is 4.18. The number of halogens is 1. The van der Waals surface area contributed by atoms with E-state index >= 15 is 0 Å². The normalized spacial score (nSPS) is 13.8. The molecule has 1 aromatic carbocycles. The first-order valence-electron chi connectivity index (χ1n) is 5.85. The first-order chi connectivity index (χ1) is 9.32. The standard InChI is InChI=1S/C13H15BrO5S/c1-7(15)20-5-4-11(16)12(17)10-6-8(14)2-3-9(10)13(18)19/h2-3,6,11-12,16-17H,4-5H2,1H3,(H,18,19). The van der Waals surface area contributed by atoms with Gasteiger partial charge < -0.3 is 15.3 Å². The van der Waals surface area contributed by atoms with Crippen LogP contribution in [0, 0.1) is 0 Å². The van der Waals surface area contributed by atoms with Crippen LogP contribution >= 0.6 is 27.7 Å². The molecule has 1 rings (SSSR count). The lowest BCUT2D eigenvalue weighted by Gasteiger charge is -2.19. The monoisotopic (exact) mass is 362 g/mol. The van der Waals surface area contributed by atoms with Crippen molar-refractivity contribution in [3.8, 4) is 0 Å². The SMILES string of the molecule is CC(=O)SCCC(O)C(O)c1cc(Br)ccc1C(=O)O. The summed E-state index contributed by atoms with van der Waals surface area (Å²) in [5.74, 6) is -0.805. The number of carboxylic acid groups (broad SMARTS) is 1. The van der Waals surface area contributed by atoms with E-state index in [1.54, 1.807) is 6.07 Å². The Morgan fingerprint density at radius 1 is 1.35 bits per heavy atom. The van der Waals surface area contributed by atoms with Crippen LogP contribution in [0.15, 0.2) is 22.7 Å². The van der Waals surface area contributed by atoms with Crippen LogP contribution in [-0.4, -0.2) is 38.3 Å². The van der Waals surface area contributed by atoms with E-state index in [0.29, 0.717) is 10.2 Å². The van der Waals surface area contributed by atoms with Crippen molar-refractivity contribution in [2.24, 2.45) is 0 Å². The van der Waals surface area contributed by atoms with Crippen molar-refractivity contribution in [3.63, 3.8) is 0 Å². The maximum atomic E-state index is 11.1. The highest BCUT2D eigenvalue weighted by Gasteiger charge is 2.23. The molecule has 0 aliphatic rings. The molecule has 20 heavy (non-hydrogen) atoms. The van der Waals surface area contributed by atoms with Crippen molar-refractivity contribution >= 4 is 38.8 Å². The van der Waals surface area contributed by atoms with E-state index in [4.69, 9.17) is 5.11 Å². The number of thioether (sulfide) groups is 1. The van der Waals surface area contributed by atoms with Crippen LogP contribution in [0.25, 0.3) is 0 Å². The lowest BCUT2D eigenvalue weighted by molar-refractivity contribution is -0.109. The zero-order valence-corrected chi connectivity index (χ0v) is 13.1. The molecule has 7 heteroatoms. The molecule has 0 spiro atoms. The minimum absolute atomic E-state index is 0.0565.